The number of nitriles is 1. The van der Waals surface area contributed by atoms with Gasteiger partial charge >= 0.3 is 0 Å². The molecule has 2 N–H and O–H groups in total. The average molecular weight is 434 g/mol. The summed E-state index contributed by atoms with van der Waals surface area (Å²) >= 11 is 2.77. The lowest BCUT2D eigenvalue weighted by atomic mass is 9.75. The van der Waals surface area contributed by atoms with E-state index in [4.69, 9.17) is 12.2 Å². The SMILES string of the molecule is C#CCSc1nnc(N2C(N)=C(C#N)C(c3ccccc3C)C3=C2CCCC3=O)s1. The van der Waals surface area contributed by atoms with Crippen molar-refractivity contribution in [3.8, 4) is 18.4 Å². The second-order valence-corrected chi connectivity index (χ2v) is 9.19. The number of carbonyl (C=O) groups excluding carboxylic acids is 1. The lowest BCUT2D eigenvalue weighted by Gasteiger charge is -2.38. The molecule has 150 valence electrons. The number of rotatable bonds is 4. The third-order valence-electron chi connectivity index (χ3n) is 5.28. The van der Waals surface area contributed by atoms with Gasteiger partial charge in [0.2, 0.25) is 5.13 Å². The van der Waals surface area contributed by atoms with Crippen molar-refractivity contribution in [3.05, 3.63) is 58.1 Å². The molecule has 0 saturated heterocycles. The highest BCUT2D eigenvalue weighted by molar-refractivity contribution is 8.01. The van der Waals surface area contributed by atoms with Crippen LogP contribution in [0.1, 0.15) is 36.3 Å². The number of thioether (sulfide) groups is 1. The molecule has 8 heteroatoms. The maximum absolute atomic E-state index is 13.1. The van der Waals surface area contributed by atoms with Gasteiger partial charge in [0.05, 0.1) is 23.3 Å². The number of allylic oxidation sites excluding steroid dienone is 3. The van der Waals surface area contributed by atoms with Gasteiger partial charge in [-0.25, -0.2) is 0 Å². The van der Waals surface area contributed by atoms with Gasteiger partial charge in [-0.05, 0) is 30.9 Å². The van der Waals surface area contributed by atoms with E-state index in [2.05, 4.69) is 22.2 Å². The lowest BCUT2D eigenvalue weighted by Crippen LogP contribution is -2.38. The smallest absolute Gasteiger partial charge is 0.219 e. The highest BCUT2D eigenvalue weighted by Gasteiger charge is 2.41. The van der Waals surface area contributed by atoms with Crippen molar-refractivity contribution in [2.45, 2.75) is 36.4 Å². The van der Waals surface area contributed by atoms with Crippen molar-refractivity contribution >= 4 is 34.0 Å². The van der Waals surface area contributed by atoms with Crippen LogP contribution in [0.4, 0.5) is 5.13 Å². The molecule has 6 nitrogen and oxygen atoms in total. The Hall–Kier alpha value is -3.07. The number of aromatic nitrogens is 2. The summed E-state index contributed by atoms with van der Waals surface area (Å²) in [7, 11) is 0. The molecule has 0 radical (unpaired) electrons. The number of hydrogen-bond acceptors (Lipinski definition) is 8. The van der Waals surface area contributed by atoms with E-state index in [1.165, 1.54) is 23.1 Å². The Morgan fingerprint density at radius 1 is 1.37 bits per heavy atom. The molecule has 4 rings (SSSR count). The van der Waals surface area contributed by atoms with Crippen LogP contribution in [0.3, 0.4) is 0 Å². The van der Waals surface area contributed by atoms with Crippen LogP contribution in [0.15, 0.2) is 51.3 Å². The molecule has 1 aliphatic heterocycles. The minimum absolute atomic E-state index is 0.0567. The van der Waals surface area contributed by atoms with Gasteiger partial charge in [0.1, 0.15) is 5.82 Å². The minimum Gasteiger partial charge on any atom is -0.384 e. The normalized spacial score (nSPS) is 18.8. The Balaban J connectivity index is 1.90. The third kappa shape index (κ3) is 3.39. The molecule has 0 saturated carbocycles. The highest BCUT2D eigenvalue weighted by Crippen LogP contribution is 2.47. The van der Waals surface area contributed by atoms with E-state index in [1.54, 1.807) is 4.90 Å². The zero-order valence-electron chi connectivity index (χ0n) is 16.4. The molecular formula is C22H19N5OS2. The fourth-order valence-electron chi connectivity index (χ4n) is 3.98. The van der Waals surface area contributed by atoms with Crippen molar-refractivity contribution < 1.29 is 4.79 Å². The molecule has 2 aliphatic rings. The molecule has 2 aromatic rings. The summed E-state index contributed by atoms with van der Waals surface area (Å²) in [6, 6.07) is 10.1. The van der Waals surface area contributed by atoms with Gasteiger partial charge in [0.15, 0.2) is 10.1 Å². The summed E-state index contributed by atoms with van der Waals surface area (Å²) in [5.41, 5.74) is 10.3. The first kappa shape index (κ1) is 20.2. The van der Waals surface area contributed by atoms with Crippen LogP contribution < -0.4 is 10.6 Å². The number of nitrogens with zero attached hydrogens (tertiary/aromatic N) is 4. The standard InChI is InChI=1S/C22H19N5OS2/c1-3-11-29-22-26-25-21(30-22)27-16-9-6-10-17(28)19(16)18(15(12-23)20(27)24)14-8-5-4-7-13(14)2/h1,4-5,7-8,18H,6,9-11,24H2,2H3. The minimum atomic E-state index is -0.460. The zero-order valence-corrected chi connectivity index (χ0v) is 18.0. The first-order valence-electron chi connectivity index (χ1n) is 9.48. The van der Waals surface area contributed by atoms with Crippen molar-refractivity contribution in [1.82, 2.24) is 10.2 Å². The van der Waals surface area contributed by atoms with Gasteiger partial charge in [-0.15, -0.1) is 16.6 Å². The predicted molar refractivity (Wildman–Crippen MR) is 119 cm³/mol. The van der Waals surface area contributed by atoms with Crippen LogP contribution in [-0.2, 0) is 4.79 Å². The second kappa shape index (κ2) is 8.35. The number of aryl methyl sites for hydroxylation is 1. The first-order chi connectivity index (χ1) is 14.6. The largest absolute Gasteiger partial charge is 0.384 e. The summed E-state index contributed by atoms with van der Waals surface area (Å²) < 4.78 is 0.722. The molecule has 2 heterocycles. The number of ketones is 1. The summed E-state index contributed by atoms with van der Waals surface area (Å²) in [4.78, 5) is 14.8. The number of carbonyl (C=O) groups is 1. The van der Waals surface area contributed by atoms with Crippen LogP contribution in [-0.4, -0.2) is 21.7 Å². The van der Waals surface area contributed by atoms with E-state index in [0.29, 0.717) is 40.7 Å². The lowest BCUT2D eigenvalue weighted by molar-refractivity contribution is -0.116. The van der Waals surface area contributed by atoms with Crippen molar-refractivity contribution in [1.29, 1.82) is 5.26 Å². The fourth-order valence-corrected chi connectivity index (χ4v) is 5.54. The monoisotopic (exact) mass is 433 g/mol. The topological polar surface area (TPSA) is 95.9 Å². The number of Topliss-reactive ketones (excluding diaryl/α,β-unsaturated/α-hetero) is 1. The van der Waals surface area contributed by atoms with Crippen molar-refractivity contribution in [3.63, 3.8) is 0 Å². The van der Waals surface area contributed by atoms with Crippen molar-refractivity contribution in [2.24, 2.45) is 5.73 Å². The molecule has 0 bridgehead atoms. The summed E-state index contributed by atoms with van der Waals surface area (Å²) in [5, 5.41) is 19.1. The Morgan fingerprint density at radius 2 is 2.17 bits per heavy atom. The van der Waals surface area contributed by atoms with Crippen molar-refractivity contribution in [2.75, 3.05) is 10.7 Å². The van der Waals surface area contributed by atoms with E-state index >= 15 is 0 Å². The summed E-state index contributed by atoms with van der Waals surface area (Å²) in [6.07, 6.45) is 7.23. The number of nitrogens with two attached hydrogens (primary N) is 1. The molecule has 0 fully saturated rings. The summed E-state index contributed by atoms with van der Waals surface area (Å²) in [6.45, 7) is 1.99. The number of anilines is 1. The van der Waals surface area contributed by atoms with Crippen LogP contribution in [0, 0.1) is 30.6 Å². The van der Waals surface area contributed by atoms with E-state index in [1.807, 2.05) is 31.2 Å². The number of hydrogen-bond donors (Lipinski definition) is 1. The highest BCUT2D eigenvalue weighted by atomic mass is 32.2. The van der Waals surface area contributed by atoms with Crippen LogP contribution in [0.25, 0.3) is 0 Å². The van der Waals surface area contributed by atoms with Gasteiger partial charge in [0, 0.05) is 17.7 Å². The molecule has 1 aromatic carbocycles. The molecule has 1 aliphatic carbocycles. The van der Waals surface area contributed by atoms with Gasteiger partial charge in [-0.3, -0.25) is 9.69 Å². The number of terminal acetylenes is 1. The maximum Gasteiger partial charge on any atom is 0.219 e. The molecular weight excluding hydrogens is 414 g/mol. The van der Waals surface area contributed by atoms with Gasteiger partial charge in [0.25, 0.3) is 0 Å². The van der Waals surface area contributed by atoms with Crippen LogP contribution in [0.2, 0.25) is 0 Å². The Morgan fingerprint density at radius 3 is 2.90 bits per heavy atom. The fraction of sp³-hybridized carbons (Fsp3) is 0.273. The Kier molecular flexibility index (Phi) is 5.63. The van der Waals surface area contributed by atoms with Crippen LogP contribution >= 0.6 is 23.1 Å². The molecule has 0 spiro atoms. The third-order valence-corrected chi connectivity index (χ3v) is 7.23. The molecule has 1 atom stereocenters. The van der Waals surface area contributed by atoms with Gasteiger partial charge < -0.3 is 5.73 Å². The van der Waals surface area contributed by atoms with Gasteiger partial charge in [-0.1, -0.05) is 53.3 Å². The molecule has 1 unspecified atom stereocenters. The van der Waals surface area contributed by atoms with E-state index in [9.17, 15) is 10.1 Å². The van der Waals surface area contributed by atoms with E-state index in [-0.39, 0.29) is 5.78 Å². The molecule has 30 heavy (non-hydrogen) atoms. The quantitative estimate of drug-likeness (QED) is 0.577. The first-order valence-corrected chi connectivity index (χ1v) is 11.3. The van der Waals surface area contributed by atoms with E-state index < -0.39 is 5.92 Å². The second-order valence-electron chi connectivity index (χ2n) is 7.02. The predicted octanol–water partition coefficient (Wildman–Crippen LogP) is 3.88. The Labute approximate surface area is 183 Å². The van der Waals surface area contributed by atoms with E-state index in [0.717, 1.165) is 27.6 Å². The molecule has 0 amide bonds. The summed E-state index contributed by atoms with van der Waals surface area (Å²) in [5.74, 6) is 2.96. The van der Waals surface area contributed by atoms with Crippen LogP contribution in [0.5, 0.6) is 0 Å². The maximum atomic E-state index is 13.1. The van der Waals surface area contributed by atoms with Gasteiger partial charge in [-0.2, -0.15) is 5.26 Å². The average Bonchev–Trinajstić information content (AvgIpc) is 3.20. The Bertz CT molecular complexity index is 1160. The number of benzene rings is 1. The zero-order chi connectivity index (χ0) is 21.3. The molecule has 1 aromatic heterocycles.